The molecule has 2 rings (SSSR count). The van der Waals surface area contributed by atoms with Crippen LogP contribution in [0.3, 0.4) is 0 Å². The SMILES string of the molecule is O=S(=O)(NCC1=CCNCC1)c1cncc(Br)c1. The molecule has 0 radical (unpaired) electrons. The number of halogens is 1. The molecule has 0 aromatic carbocycles. The lowest BCUT2D eigenvalue weighted by Crippen LogP contribution is -2.29. The highest BCUT2D eigenvalue weighted by Gasteiger charge is 2.15. The quantitative estimate of drug-likeness (QED) is 0.809. The summed E-state index contributed by atoms with van der Waals surface area (Å²) in [6, 6.07) is 1.53. The predicted molar refractivity (Wildman–Crippen MR) is 72.7 cm³/mol. The highest BCUT2D eigenvalue weighted by atomic mass is 79.9. The van der Waals surface area contributed by atoms with Gasteiger partial charge in [-0.05, 0) is 35.0 Å². The van der Waals surface area contributed by atoms with E-state index < -0.39 is 10.0 Å². The van der Waals surface area contributed by atoms with E-state index in [1.165, 1.54) is 12.3 Å². The first-order valence-corrected chi connectivity index (χ1v) is 7.84. The fourth-order valence-electron chi connectivity index (χ4n) is 1.64. The van der Waals surface area contributed by atoms with E-state index in [1.54, 1.807) is 6.20 Å². The van der Waals surface area contributed by atoms with E-state index in [0.29, 0.717) is 11.0 Å². The third-order valence-electron chi connectivity index (χ3n) is 2.64. The zero-order chi connectivity index (χ0) is 13.0. The Kier molecular flexibility index (Phi) is 4.50. The van der Waals surface area contributed by atoms with Crippen molar-refractivity contribution in [1.29, 1.82) is 0 Å². The van der Waals surface area contributed by atoms with Gasteiger partial charge in [-0.3, -0.25) is 4.98 Å². The van der Waals surface area contributed by atoms with Gasteiger partial charge in [-0.2, -0.15) is 0 Å². The number of rotatable bonds is 4. The van der Waals surface area contributed by atoms with Gasteiger partial charge < -0.3 is 5.32 Å². The molecule has 0 saturated carbocycles. The van der Waals surface area contributed by atoms with Gasteiger partial charge in [-0.15, -0.1) is 0 Å². The first-order valence-electron chi connectivity index (χ1n) is 5.57. The minimum absolute atomic E-state index is 0.173. The molecule has 1 aliphatic heterocycles. The summed E-state index contributed by atoms with van der Waals surface area (Å²) in [4.78, 5) is 4.03. The topological polar surface area (TPSA) is 71.1 Å². The Morgan fingerprint density at radius 3 is 2.94 bits per heavy atom. The summed E-state index contributed by atoms with van der Waals surface area (Å²) in [5, 5.41) is 3.18. The second-order valence-corrected chi connectivity index (χ2v) is 6.66. The summed E-state index contributed by atoms with van der Waals surface area (Å²) in [5.41, 5.74) is 1.11. The van der Waals surface area contributed by atoms with Crippen molar-refractivity contribution in [2.75, 3.05) is 19.6 Å². The molecule has 1 aliphatic rings. The molecule has 1 aromatic heterocycles. The maximum absolute atomic E-state index is 12.0. The van der Waals surface area contributed by atoms with Gasteiger partial charge in [0.05, 0.1) is 0 Å². The maximum atomic E-state index is 12.0. The minimum Gasteiger partial charge on any atom is -0.313 e. The number of nitrogens with one attached hydrogen (secondary N) is 2. The van der Waals surface area contributed by atoms with Crippen molar-refractivity contribution < 1.29 is 8.42 Å². The lowest BCUT2D eigenvalue weighted by atomic mass is 10.1. The summed E-state index contributed by atoms with van der Waals surface area (Å²) in [7, 11) is -3.49. The Hall–Kier alpha value is -0.760. The van der Waals surface area contributed by atoms with Crippen LogP contribution in [0.15, 0.2) is 39.5 Å². The van der Waals surface area contributed by atoms with Crippen molar-refractivity contribution in [3.8, 4) is 0 Å². The second-order valence-electron chi connectivity index (χ2n) is 3.98. The third-order valence-corrected chi connectivity index (χ3v) is 4.44. The molecule has 0 spiro atoms. The Morgan fingerprint density at radius 2 is 2.28 bits per heavy atom. The molecule has 0 fully saturated rings. The van der Waals surface area contributed by atoms with Crippen LogP contribution in [0, 0.1) is 0 Å². The van der Waals surface area contributed by atoms with Crippen LogP contribution >= 0.6 is 15.9 Å². The zero-order valence-corrected chi connectivity index (χ0v) is 12.1. The van der Waals surface area contributed by atoms with Crippen LogP contribution in [0.2, 0.25) is 0 Å². The molecule has 5 nitrogen and oxygen atoms in total. The van der Waals surface area contributed by atoms with Crippen LogP contribution in [0.5, 0.6) is 0 Å². The van der Waals surface area contributed by atoms with E-state index >= 15 is 0 Å². The molecule has 1 aromatic rings. The fraction of sp³-hybridized carbons (Fsp3) is 0.364. The molecule has 98 valence electrons. The van der Waals surface area contributed by atoms with Crippen molar-refractivity contribution in [3.05, 3.63) is 34.6 Å². The fourth-order valence-corrected chi connectivity index (χ4v) is 3.18. The van der Waals surface area contributed by atoms with Crippen molar-refractivity contribution in [2.24, 2.45) is 0 Å². The lowest BCUT2D eigenvalue weighted by molar-refractivity contribution is 0.581. The van der Waals surface area contributed by atoms with Gasteiger partial charge in [0.1, 0.15) is 4.90 Å². The standard InChI is InChI=1S/C11H14BrN3O2S/c12-10-5-11(8-14-7-10)18(16,17)15-6-9-1-3-13-4-2-9/h1,5,7-8,13,15H,2-4,6H2. The summed E-state index contributed by atoms with van der Waals surface area (Å²) in [6.07, 6.45) is 5.78. The molecule has 2 heterocycles. The second kappa shape index (κ2) is 5.92. The number of aromatic nitrogens is 1. The summed E-state index contributed by atoms with van der Waals surface area (Å²) in [5.74, 6) is 0. The van der Waals surface area contributed by atoms with Gasteiger partial charge in [0.25, 0.3) is 0 Å². The van der Waals surface area contributed by atoms with Crippen molar-refractivity contribution in [2.45, 2.75) is 11.3 Å². The van der Waals surface area contributed by atoms with Crippen LogP contribution in [0.4, 0.5) is 0 Å². The molecule has 0 unspecified atom stereocenters. The van der Waals surface area contributed by atoms with E-state index in [9.17, 15) is 8.42 Å². The van der Waals surface area contributed by atoms with Gasteiger partial charge in [0.2, 0.25) is 10.0 Å². The van der Waals surface area contributed by atoms with Gasteiger partial charge in [0.15, 0.2) is 0 Å². The first kappa shape index (κ1) is 13.7. The molecule has 0 saturated heterocycles. The molecular formula is C11H14BrN3O2S. The normalized spacial score (nSPS) is 16.4. The lowest BCUT2D eigenvalue weighted by Gasteiger charge is -2.14. The smallest absolute Gasteiger partial charge is 0.242 e. The maximum Gasteiger partial charge on any atom is 0.242 e. The van der Waals surface area contributed by atoms with E-state index in [0.717, 1.165) is 25.1 Å². The number of pyridine rings is 1. The monoisotopic (exact) mass is 331 g/mol. The van der Waals surface area contributed by atoms with Crippen molar-refractivity contribution in [1.82, 2.24) is 15.0 Å². The Labute approximate surface area is 115 Å². The Bertz CT molecular complexity index is 557. The van der Waals surface area contributed by atoms with Crippen LogP contribution in [-0.4, -0.2) is 33.0 Å². The molecule has 0 amide bonds. The van der Waals surface area contributed by atoms with Gasteiger partial charge in [-0.25, -0.2) is 13.1 Å². The zero-order valence-electron chi connectivity index (χ0n) is 9.69. The van der Waals surface area contributed by atoms with Gasteiger partial charge in [-0.1, -0.05) is 11.6 Å². The van der Waals surface area contributed by atoms with Crippen molar-refractivity contribution in [3.63, 3.8) is 0 Å². The number of nitrogens with zero attached hydrogens (tertiary/aromatic N) is 1. The Morgan fingerprint density at radius 1 is 1.44 bits per heavy atom. The number of hydrogen-bond acceptors (Lipinski definition) is 4. The van der Waals surface area contributed by atoms with E-state index in [2.05, 4.69) is 31.0 Å². The van der Waals surface area contributed by atoms with Gasteiger partial charge in [0, 0.05) is 30.0 Å². The summed E-state index contributed by atoms with van der Waals surface area (Å²) < 4.78 is 27.3. The van der Waals surface area contributed by atoms with E-state index in [4.69, 9.17) is 0 Å². The average Bonchev–Trinajstić information content (AvgIpc) is 2.38. The van der Waals surface area contributed by atoms with E-state index in [-0.39, 0.29) is 4.90 Å². The summed E-state index contributed by atoms with van der Waals surface area (Å²) >= 11 is 3.21. The molecule has 7 heteroatoms. The molecule has 0 aliphatic carbocycles. The Balaban J connectivity index is 2.05. The predicted octanol–water partition coefficient (Wildman–Crippen LogP) is 1.04. The van der Waals surface area contributed by atoms with Crippen molar-refractivity contribution >= 4 is 26.0 Å². The molecular weight excluding hydrogens is 318 g/mol. The summed E-state index contributed by atoms with van der Waals surface area (Å²) in [6.45, 7) is 2.05. The first-order chi connectivity index (χ1) is 8.58. The highest BCUT2D eigenvalue weighted by molar-refractivity contribution is 9.10. The molecule has 18 heavy (non-hydrogen) atoms. The molecule has 0 bridgehead atoms. The molecule has 0 atom stereocenters. The minimum atomic E-state index is -3.49. The highest BCUT2D eigenvalue weighted by Crippen LogP contribution is 2.14. The van der Waals surface area contributed by atoms with Crippen LogP contribution in [0.1, 0.15) is 6.42 Å². The van der Waals surface area contributed by atoms with Crippen LogP contribution in [0.25, 0.3) is 0 Å². The number of hydrogen-bond donors (Lipinski definition) is 2. The largest absolute Gasteiger partial charge is 0.313 e. The molecule has 2 N–H and O–H groups in total. The van der Waals surface area contributed by atoms with E-state index in [1.807, 2.05) is 6.08 Å². The third kappa shape index (κ3) is 3.61. The average molecular weight is 332 g/mol. The number of sulfonamides is 1. The van der Waals surface area contributed by atoms with Crippen LogP contribution < -0.4 is 10.0 Å². The van der Waals surface area contributed by atoms with Crippen LogP contribution in [-0.2, 0) is 10.0 Å². The van der Waals surface area contributed by atoms with Gasteiger partial charge >= 0.3 is 0 Å².